The fourth-order valence-corrected chi connectivity index (χ4v) is 2.49. The fourth-order valence-electron chi connectivity index (χ4n) is 2.49. The van der Waals surface area contributed by atoms with Crippen molar-refractivity contribution in [3.05, 3.63) is 89.5 Å². The van der Waals surface area contributed by atoms with Gasteiger partial charge in [-0.3, -0.25) is 9.59 Å². The summed E-state index contributed by atoms with van der Waals surface area (Å²) >= 11 is 0. The Hall–Kier alpha value is -3.21. The highest BCUT2D eigenvalue weighted by Crippen LogP contribution is 2.12. The molecule has 0 aliphatic rings. The molecule has 0 aliphatic carbocycles. The minimum absolute atomic E-state index is 0.306. The average Bonchev–Trinajstić information content (AvgIpc) is 3.06. The van der Waals surface area contributed by atoms with E-state index in [0.717, 1.165) is 11.1 Å². The Morgan fingerprint density at radius 1 is 1.00 bits per heavy atom. The van der Waals surface area contributed by atoms with Gasteiger partial charge in [0, 0.05) is 18.4 Å². The lowest BCUT2D eigenvalue weighted by molar-refractivity contribution is -0.112. The molecule has 1 heterocycles. The van der Waals surface area contributed by atoms with Crippen LogP contribution in [0.4, 0.5) is 10.1 Å². The largest absolute Gasteiger partial charge is 0.340 e. The Kier molecular flexibility index (Phi) is 4.75. The van der Waals surface area contributed by atoms with Gasteiger partial charge in [-0.1, -0.05) is 29.8 Å². The molecule has 0 unspecified atom stereocenters. The van der Waals surface area contributed by atoms with Crippen molar-refractivity contribution in [1.82, 2.24) is 4.57 Å². The molecule has 0 atom stereocenters. The molecule has 0 radical (unpaired) electrons. The lowest BCUT2D eigenvalue weighted by Gasteiger charge is -2.09. The summed E-state index contributed by atoms with van der Waals surface area (Å²) < 4.78 is 14.6. The number of carbonyl (C=O) groups excluding carboxylic acids is 2. The number of amides is 1. The monoisotopic (exact) mass is 336 g/mol. The zero-order valence-electron chi connectivity index (χ0n) is 13.7. The number of benzene rings is 2. The van der Waals surface area contributed by atoms with E-state index in [1.165, 1.54) is 24.3 Å². The zero-order valence-corrected chi connectivity index (χ0v) is 13.7. The maximum Gasteiger partial charge on any atom is 0.298 e. The molecule has 0 bridgehead atoms. The predicted octanol–water partition coefficient (Wildman–Crippen LogP) is 3.81. The highest BCUT2D eigenvalue weighted by atomic mass is 19.1. The first kappa shape index (κ1) is 16.6. The number of halogens is 1. The number of hydrogen-bond donors (Lipinski definition) is 1. The Morgan fingerprint density at radius 3 is 2.36 bits per heavy atom. The smallest absolute Gasteiger partial charge is 0.298 e. The summed E-state index contributed by atoms with van der Waals surface area (Å²) in [6.07, 6.45) is 1.76. The van der Waals surface area contributed by atoms with Crippen LogP contribution in [0.2, 0.25) is 0 Å². The molecule has 25 heavy (non-hydrogen) atoms. The van der Waals surface area contributed by atoms with E-state index < -0.39 is 17.5 Å². The Morgan fingerprint density at radius 2 is 1.68 bits per heavy atom. The van der Waals surface area contributed by atoms with Gasteiger partial charge in [0.05, 0.1) is 5.69 Å². The second-order valence-electron chi connectivity index (χ2n) is 5.80. The van der Waals surface area contributed by atoms with Gasteiger partial charge in [-0.15, -0.1) is 0 Å². The summed E-state index contributed by atoms with van der Waals surface area (Å²) in [5, 5.41) is 2.49. The van der Waals surface area contributed by atoms with Crippen molar-refractivity contribution in [3.8, 4) is 0 Å². The number of aryl methyl sites for hydroxylation is 1. The minimum atomic E-state index is -0.754. The van der Waals surface area contributed by atoms with E-state index in [0.29, 0.717) is 17.9 Å². The highest BCUT2D eigenvalue weighted by molar-refractivity contribution is 6.46. The summed E-state index contributed by atoms with van der Waals surface area (Å²) in [5.74, 6) is -1.80. The van der Waals surface area contributed by atoms with Crippen LogP contribution in [0.1, 0.15) is 21.6 Å². The maximum absolute atomic E-state index is 12.9. The number of nitrogens with one attached hydrogen (secondary N) is 1. The third-order valence-electron chi connectivity index (χ3n) is 3.84. The van der Waals surface area contributed by atoms with E-state index in [1.54, 1.807) is 22.9 Å². The van der Waals surface area contributed by atoms with Gasteiger partial charge in [-0.2, -0.15) is 0 Å². The molecule has 126 valence electrons. The molecule has 1 amide bonds. The normalized spacial score (nSPS) is 10.5. The lowest BCUT2D eigenvalue weighted by atomic mass is 10.1. The molecule has 5 heteroatoms. The number of anilines is 1. The molecule has 0 aliphatic heterocycles. The predicted molar refractivity (Wildman–Crippen MR) is 94.1 cm³/mol. The molecule has 0 fully saturated rings. The molecule has 2 aromatic carbocycles. The SMILES string of the molecule is Cc1ccc(Cn2cccc2C(=O)C(=O)Nc2ccc(F)cc2)cc1. The van der Waals surface area contributed by atoms with Gasteiger partial charge in [0.15, 0.2) is 0 Å². The average molecular weight is 336 g/mol. The Labute approximate surface area is 144 Å². The van der Waals surface area contributed by atoms with Crippen LogP contribution in [0.3, 0.4) is 0 Å². The fraction of sp³-hybridized carbons (Fsp3) is 0.100. The van der Waals surface area contributed by atoms with Crippen molar-refractivity contribution in [2.45, 2.75) is 13.5 Å². The molecule has 1 N–H and O–H groups in total. The van der Waals surface area contributed by atoms with Crippen LogP contribution >= 0.6 is 0 Å². The van der Waals surface area contributed by atoms with Crippen LogP contribution in [-0.2, 0) is 11.3 Å². The standard InChI is InChI=1S/C20H17FN2O2/c1-14-4-6-15(7-5-14)13-23-12-2-3-18(23)19(24)20(25)22-17-10-8-16(21)9-11-17/h2-12H,13H2,1H3,(H,22,25). The number of ketones is 1. The first-order chi connectivity index (χ1) is 12.0. The van der Waals surface area contributed by atoms with Gasteiger partial charge < -0.3 is 9.88 Å². The van der Waals surface area contributed by atoms with Crippen LogP contribution in [0, 0.1) is 12.7 Å². The van der Waals surface area contributed by atoms with E-state index in [-0.39, 0.29) is 0 Å². The zero-order chi connectivity index (χ0) is 17.8. The van der Waals surface area contributed by atoms with E-state index >= 15 is 0 Å². The first-order valence-electron chi connectivity index (χ1n) is 7.85. The molecular formula is C20H17FN2O2. The van der Waals surface area contributed by atoms with Gasteiger partial charge in [-0.25, -0.2) is 4.39 Å². The van der Waals surface area contributed by atoms with Crippen molar-refractivity contribution in [3.63, 3.8) is 0 Å². The lowest BCUT2D eigenvalue weighted by Crippen LogP contribution is -2.25. The number of rotatable bonds is 5. The van der Waals surface area contributed by atoms with E-state index in [9.17, 15) is 14.0 Å². The topological polar surface area (TPSA) is 51.1 Å². The molecule has 4 nitrogen and oxygen atoms in total. The quantitative estimate of drug-likeness (QED) is 0.569. The summed E-state index contributed by atoms with van der Waals surface area (Å²) in [5.41, 5.74) is 2.87. The number of aromatic nitrogens is 1. The Balaban J connectivity index is 1.74. The maximum atomic E-state index is 12.9. The number of hydrogen-bond acceptors (Lipinski definition) is 2. The van der Waals surface area contributed by atoms with Gasteiger partial charge in [0.2, 0.25) is 0 Å². The van der Waals surface area contributed by atoms with Crippen molar-refractivity contribution in [2.75, 3.05) is 5.32 Å². The third-order valence-corrected chi connectivity index (χ3v) is 3.84. The summed E-state index contributed by atoms with van der Waals surface area (Å²) in [4.78, 5) is 24.6. The molecule has 0 spiro atoms. The Bertz CT molecular complexity index is 896. The van der Waals surface area contributed by atoms with Crippen molar-refractivity contribution < 1.29 is 14.0 Å². The van der Waals surface area contributed by atoms with Crippen LogP contribution in [0.25, 0.3) is 0 Å². The second-order valence-corrected chi connectivity index (χ2v) is 5.80. The van der Waals surface area contributed by atoms with Crippen molar-refractivity contribution in [1.29, 1.82) is 0 Å². The number of carbonyl (C=O) groups is 2. The van der Waals surface area contributed by atoms with E-state index in [2.05, 4.69) is 5.32 Å². The molecule has 1 aromatic heterocycles. The second kappa shape index (κ2) is 7.13. The van der Waals surface area contributed by atoms with E-state index in [1.807, 2.05) is 31.2 Å². The van der Waals surface area contributed by atoms with Gasteiger partial charge >= 0.3 is 0 Å². The highest BCUT2D eigenvalue weighted by Gasteiger charge is 2.19. The van der Waals surface area contributed by atoms with Crippen LogP contribution in [-0.4, -0.2) is 16.3 Å². The molecule has 3 aromatic rings. The van der Waals surface area contributed by atoms with E-state index in [4.69, 9.17) is 0 Å². The molecule has 0 saturated carbocycles. The van der Waals surface area contributed by atoms with Gasteiger partial charge in [-0.05, 0) is 48.9 Å². The summed E-state index contributed by atoms with van der Waals surface area (Å²) in [7, 11) is 0. The summed E-state index contributed by atoms with van der Waals surface area (Å²) in [6.45, 7) is 2.51. The molecule has 3 rings (SSSR count). The third kappa shape index (κ3) is 4.01. The van der Waals surface area contributed by atoms with Gasteiger partial charge in [0.1, 0.15) is 5.82 Å². The van der Waals surface area contributed by atoms with Crippen LogP contribution in [0.15, 0.2) is 66.9 Å². The molecule has 0 saturated heterocycles. The molecular weight excluding hydrogens is 319 g/mol. The number of nitrogens with zero attached hydrogens (tertiary/aromatic N) is 1. The number of Topliss-reactive ketones (excluding diaryl/α,β-unsaturated/α-hetero) is 1. The van der Waals surface area contributed by atoms with Crippen molar-refractivity contribution >= 4 is 17.4 Å². The van der Waals surface area contributed by atoms with Gasteiger partial charge in [0.25, 0.3) is 11.7 Å². The minimum Gasteiger partial charge on any atom is -0.340 e. The van der Waals surface area contributed by atoms with Crippen molar-refractivity contribution in [2.24, 2.45) is 0 Å². The summed E-state index contributed by atoms with van der Waals surface area (Å²) in [6, 6.07) is 16.6. The van der Waals surface area contributed by atoms with Crippen LogP contribution in [0.5, 0.6) is 0 Å². The van der Waals surface area contributed by atoms with Crippen LogP contribution < -0.4 is 5.32 Å². The first-order valence-corrected chi connectivity index (χ1v) is 7.85.